The Kier molecular flexibility index (Phi) is 7.35. The first-order chi connectivity index (χ1) is 13.6. The molecule has 3 rings (SSSR count). The number of hydrogen-bond acceptors (Lipinski definition) is 3. The van der Waals surface area contributed by atoms with Gasteiger partial charge in [0.25, 0.3) is 5.91 Å². The molecule has 0 bridgehead atoms. The van der Waals surface area contributed by atoms with E-state index in [1.165, 1.54) is 29.5 Å². The van der Waals surface area contributed by atoms with Gasteiger partial charge in [-0.05, 0) is 87.3 Å². The van der Waals surface area contributed by atoms with E-state index in [1.807, 2.05) is 38.1 Å². The fraction of sp³-hybridized carbons (Fsp3) is 0.458. The molecule has 0 radical (unpaired) electrons. The molecule has 4 nitrogen and oxygen atoms in total. The van der Waals surface area contributed by atoms with Gasteiger partial charge in [0.15, 0.2) is 6.61 Å². The molecule has 0 saturated heterocycles. The van der Waals surface area contributed by atoms with Crippen LogP contribution in [-0.2, 0) is 24.1 Å². The lowest BCUT2D eigenvalue weighted by Crippen LogP contribution is -2.30. The molecule has 0 saturated carbocycles. The van der Waals surface area contributed by atoms with E-state index >= 15 is 0 Å². The Bertz CT molecular complexity index is 785. The summed E-state index contributed by atoms with van der Waals surface area (Å²) in [4.78, 5) is 12.1. The number of carbonyl (C=O) groups excluding carboxylic acids is 1. The molecule has 0 unspecified atom stereocenters. The van der Waals surface area contributed by atoms with Gasteiger partial charge < -0.3 is 14.8 Å². The van der Waals surface area contributed by atoms with E-state index in [1.54, 1.807) is 0 Å². The Hall–Kier alpha value is -2.49. The molecule has 1 aliphatic rings. The third-order valence-corrected chi connectivity index (χ3v) is 4.95. The summed E-state index contributed by atoms with van der Waals surface area (Å²) >= 11 is 0. The number of hydrogen-bond donors (Lipinski definition) is 1. The normalized spacial score (nSPS) is 13.1. The summed E-state index contributed by atoms with van der Waals surface area (Å²) in [7, 11) is 0. The van der Waals surface area contributed by atoms with Gasteiger partial charge in [-0.3, -0.25) is 4.79 Å². The molecule has 1 N–H and O–H groups in total. The Morgan fingerprint density at radius 3 is 2.79 bits per heavy atom. The molecule has 28 heavy (non-hydrogen) atoms. The maximum Gasteiger partial charge on any atom is 0.257 e. The number of fused-ring (bicyclic) bond motifs is 1. The molecule has 0 aliphatic heterocycles. The summed E-state index contributed by atoms with van der Waals surface area (Å²) in [5, 5.41) is 2.95. The monoisotopic (exact) mass is 381 g/mol. The zero-order chi connectivity index (χ0) is 19.8. The van der Waals surface area contributed by atoms with E-state index in [0.717, 1.165) is 37.2 Å². The van der Waals surface area contributed by atoms with Gasteiger partial charge in [-0.15, -0.1) is 0 Å². The number of benzene rings is 2. The molecule has 0 fully saturated rings. The summed E-state index contributed by atoms with van der Waals surface area (Å²) in [6.45, 7) is 4.77. The average Bonchev–Trinajstić information content (AvgIpc) is 2.69. The summed E-state index contributed by atoms with van der Waals surface area (Å²) in [6.07, 6.45) is 6.56. The molecule has 1 amide bonds. The van der Waals surface area contributed by atoms with Crippen LogP contribution >= 0.6 is 0 Å². The van der Waals surface area contributed by atoms with Crippen molar-refractivity contribution in [3.63, 3.8) is 0 Å². The second kappa shape index (κ2) is 10.2. The summed E-state index contributed by atoms with van der Waals surface area (Å²) < 4.78 is 11.5. The minimum atomic E-state index is -0.0645. The van der Waals surface area contributed by atoms with Gasteiger partial charge >= 0.3 is 0 Å². The van der Waals surface area contributed by atoms with Crippen molar-refractivity contribution in [3.8, 4) is 11.5 Å². The van der Waals surface area contributed by atoms with Crippen molar-refractivity contribution in [3.05, 3.63) is 59.2 Å². The molecule has 0 aromatic heterocycles. The molecule has 1 aliphatic carbocycles. The average molecular weight is 382 g/mol. The minimum Gasteiger partial charge on any atom is -0.491 e. The summed E-state index contributed by atoms with van der Waals surface area (Å²) in [5.41, 5.74) is 3.87. The highest BCUT2D eigenvalue weighted by Crippen LogP contribution is 2.29. The van der Waals surface area contributed by atoms with Crippen molar-refractivity contribution in [2.45, 2.75) is 58.5 Å². The van der Waals surface area contributed by atoms with Crippen molar-refractivity contribution < 1.29 is 14.3 Å². The van der Waals surface area contributed by atoms with Crippen LogP contribution in [0.1, 0.15) is 49.8 Å². The van der Waals surface area contributed by atoms with Gasteiger partial charge in [0.1, 0.15) is 11.5 Å². The van der Waals surface area contributed by atoms with Crippen molar-refractivity contribution in [2.24, 2.45) is 0 Å². The highest BCUT2D eigenvalue weighted by atomic mass is 16.5. The van der Waals surface area contributed by atoms with Crippen molar-refractivity contribution in [1.29, 1.82) is 0 Å². The Labute approximate surface area is 168 Å². The third-order valence-electron chi connectivity index (χ3n) is 4.95. The van der Waals surface area contributed by atoms with E-state index in [-0.39, 0.29) is 18.6 Å². The number of ether oxygens (including phenoxy) is 2. The first kappa shape index (κ1) is 20.2. The van der Waals surface area contributed by atoms with Crippen LogP contribution in [0.15, 0.2) is 42.5 Å². The van der Waals surface area contributed by atoms with E-state index in [4.69, 9.17) is 9.47 Å². The molecule has 4 heteroatoms. The Morgan fingerprint density at radius 1 is 1.11 bits per heavy atom. The molecular weight excluding hydrogens is 350 g/mol. The van der Waals surface area contributed by atoms with Crippen LogP contribution in [0.2, 0.25) is 0 Å². The first-order valence-corrected chi connectivity index (χ1v) is 10.4. The van der Waals surface area contributed by atoms with Crippen molar-refractivity contribution >= 4 is 5.91 Å². The number of rotatable bonds is 9. The molecule has 0 atom stereocenters. The van der Waals surface area contributed by atoms with Gasteiger partial charge in [-0.1, -0.05) is 24.3 Å². The predicted octanol–water partition coefficient (Wildman–Crippen LogP) is 4.48. The van der Waals surface area contributed by atoms with Gasteiger partial charge in [0.2, 0.25) is 0 Å². The molecule has 2 aromatic rings. The largest absolute Gasteiger partial charge is 0.491 e. The highest BCUT2D eigenvalue weighted by Gasteiger charge is 2.14. The number of aryl methyl sites for hydroxylation is 2. The van der Waals surface area contributed by atoms with Crippen LogP contribution in [0.4, 0.5) is 0 Å². The predicted molar refractivity (Wildman–Crippen MR) is 112 cm³/mol. The van der Waals surface area contributed by atoms with Crippen LogP contribution < -0.4 is 14.8 Å². The number of amides is 1. The maximum atomic E-state index is 12.1. The molecular formula is C24H31NO3. The maximum absolute atomic E-state index is 12.1. The van der Waals surface area contributed by atoms with E-state index in [9.17, 15) is 4.79 Å². The van der Waals surface area contributed by atoms with Crippen LogP contribution in [0, 0.1) is 0 Å². The second-order valence-corrected chi connectivity index (χ2v) is 7.66. The highest BCUT2D eigenvalue weighted by molar-refractivity contribution is 5.77. The first-order valence-electron chi connectivity index (χ1n) is 10.4. The molecule has 2 aromatic carbocycles. The van der Waals surface area contributed by atoms with E-state index < -0.39 is 0 Å². The van der Waals surface area contributed by atoms with Gasteiger partial charge in [0, 0.05) is 6.54 Å². The fourth-order valence-electron chi connectivity index (χ4n) is 3.64. The fourth-order valence-corrected chi connectivity index (χ4v) is 3.64. The lowest BCUT2D eigenvalue weighted by Gasteiger charge is -2.19. The van der Waals surface area contributed by atoms with E-state index in [2.05, 4.69) is 23.5 Å². The van der Waals surface area contributed by atoms with Gasteiger partial charge in [-0.2, -0.15) is 0 Å². The quantitative estimate of drug-likeness (QED) is 0.652. The number of carbonyl (C=O) groups is 1. The Balaban J connectivity index is 1.39. The van der Waals surface area contributed by atoms with Crippen LogP contribution in [0.3, 0.4) is 0 Å². The topological polar surface area (TPSA) is 47.6 Å². The lowest BCUT2D eigenvalue weighted by atomic mass is 9.91. The molecule has 0 heterocycles. The van der Waals surface area contributed by atoms with Crippen molar-refractivity contribution in [2.75, 3.05) is 13.2 Å². The molecule has 150 valence electrons. The smallest absolute Gasteiger partial charge is 0.257 e. The van der Waals surface area contributed by atoms with Crippen LogP contribution in [0.25, 0.3) is 0 Å². The van der Waals surface area contributed by atoms with Gasteiger partial charge in [-0.25, -0.2) is 0 Å². The SMILES string of the molecule is CC(C)Oc1cccc(CCCNC(=O)COc2cccc3c2CCCC3)c1. The Morgan fingerprint density at radius 2 is 1.93 bits per heavy atom. The van der Waals surface area contributed by atoms with Crippen LogP contribution in [-0.4, -0.2) is 25.2 Å². The minimum absolute atomic E-state index is 0.0645. The lowest BCUT2D eigenvalue weighted by molar-refractivity contribution is -0.123. The number of nitrogens with one attached hydrogen (secondary N) is 1. The zero-order valence-corrected chi connectivity index (χ0v) is 17.0. The molecule has 0 spiro atoms. The van der Waals surface area contributed by atoms with E-state index in [0.29, 0.717) is 6.54 Å². The van der Waals surface area contributed by atoms with Crippen LogP contribution in [0.5, 0.6) is 11.5 Å². The second-order valence-electron chi connectivity index (χ2n) is 7.66. The third kappa shape index (κ3) is 6.01. The standard InChI is InChI=1S/C24H31NO3/c1-18(2)28-21-12-5-8-19(16-21)9-7-15-25-24(26)17-27-23-14-6-11-20-10-3-4-13-22(20)23/h5-6,8,11-12,14,16,18H,3-4,7,9-10,13,15,17H2,1-2H3,(H,25,26). The zero-order valence-electron chi connectivity index (χ0n) is 17.0. The van der Waals surface area contributed by atoms with Gasteiger partial charge in [0.05, 0.1) is 6.10 Å². The summed E-state index contributed by atoms with van der Waals surface area (Å²) in [5.74, 6) is 1.70. The van der Waals surface area contributed by atoms with Crippen molar-refractivity contribution in [1.82, 2.24) is 5.32 Å². The summed E-state index contributed by atoms with van der Waals surface area (Å²) in [6, 6.07) is 14.3.